The molecule has 2 aliphatic rings. The summed E-state index contributed by atoms with van der Waals surface area (Å²) >= 11 is 0. The van der Waals surface area contributed by atoms with Gasteiger partial charge in [-0.25, -0.2) is 0 Å². The first-order valence-electron chi connectivity index (χ1n) is 9.93. The van der Waals surface area contributed by atoms with Gasteiger partial charge in [0.25, 0.3) is 0 Å². The molecule has 2 aliphatic carbocycles. The molecule has 0 unspecified atom stereocenters. The summed E-state index contributed by atoms with van der Waals surface area (Å²) in [6.45, 7) is 4.86. The third-order valence-electron chi connectivity index (χ3n) is 5.89. The van der Waals surface area contributed by atoms with Crippen molar-refractivity contribution in [1.82, 2.24) is 0 Å². The average molecular weight is 336 g/mol. The molecular formula is C21H37NO2. The summed E-state index contributed by atoms with van der Waals surface area (Å²) in [6.07, 6.45) is 15.7. The standard InChI is InChI=1S/C21H37NO2/c1-3-4-10-21(2,24)11-7-9-18-19-14-16(8-5-6-12-22)13-17(19)15-20(18)23/h7,9,13,17-20,23-24H,3-6,8,10-12,14-15,22H2,1-2H3/t17-,18+,19-,20+,21-/m0/s1. The molecule has 24 heavy (non-hydrogen) atoms. The van der Waals surface area contributed by atoms with Crippen LogP contribution in [0.5, 0.6) is 0 Å². The number of hydrogen-bond acceptors (Lipinski definition) is 3. The van der Waals surface area contributed by atoms with Gasteiger partial charge in [-0.1, -0.05) is 43.6 Å². The van der Waals surface area contributed by atoms with Gasteiger partial charge in [0.05, 0.1) is 11.7 Å². The minimum atomic E-state index is -0.614. The van der Waals surface area contributed by atoms with Crippen LogP contribution >= 0.6 is 0 Å². The lowest BCUT2D eigenvalue weighted by Gasteiger charge is -2.22. The fourth-order valence-corrected chi connectivity index (χ4v) is 4.43. The van der Waals surface area contributed by atoms with Crippen LogP contribution in [0, 0.1) is 17.8 Å². The number of rotatable bonds is 10. The van der Waals surface area contributed by atoms with Crippen LogP contribution in [0.15, 0.2) is 23.8 Å². The van der Waals surface area contributed by atoms with Crippen LogP contribution in [-0.2, 0) is 0 Å². The zero-order valence-electron chi connectivity index (χ0n) is 15.6. The molecule has 0 spiro atoms. The van der Waals surface area contributed by atoms with Crippen molar-refractivity contribution in [1.29, 1.82) is 0 Å². The van der Waals surface area contributed by atoms with Crippen LogP contribution in [-0.4, -0.2) is 28.5 Å². The van der Waals surface area contributed by atoms with Crippen LogP contribution in [0.2, 0.25) is 0 Å². The Labute approximate surface area is 148 Å². The van der Waals surface area contributed by atoms with Crippen molar-refractivity contribution in [2.45, 2.75) is 83.3 Å². The Morgan fingerprint density at radius 2 is 2.12 bits per heavy atom. The molecule has 1 saturated carbocycles. The average Bonchev–Trinajstić information content (AvgIpc) is 3.04. The number of aliphatic hydroxyl groups is 2. The maximum atomic E-state index is 10.4. The lowest BCUT2D eigenvalue weighted by Crippen LogP contribution is -2.23. The van der Waals surface area contributed by atoms with Gasteiger partial charge in [-0.2, -0.15) is 0 Å². The van der Waals surface area contributed by atoms with E-state index in [1.54, 1.807) is 5.57 Å². The van der Waals surface area contributed by atoms with Crippen molar-refractivity contribution in [3.8, 4) is 0 Å². The van der Waals surface area contributed by atoms with E-state index >= 15 is 0 Å². The highest BCUT2D eigenvalue weighted by molar-refractivity contribution is 5.20. The third-order valence-corrected chi connectivity index (χ3v) is 5.89. The van der Waals surface area contributed by atoms with Crippen LogP contribution in [0.3, 0.4) is 0 Å². The smallest absolute Gasteiger partial charge is 0.0654 e. The predicted octanol–water partition coefficient (Wildman–Crippen LogP) is 3.95. The molecule has 4 N–H and O–H groups in total. The fourth-order valence-electron chi connectivity index (χ4n) is 4.43. The van der Waals surface area contributed by atoms with E-state index in [0.717, 1.165) is 45.1 Å². The molecule has 0 aliphatic heterocycles. The van der Waals surface area contributed by atoms with Gasteiger partial charge in [-0.15, -0.1) is 0 Å². The van der Waals surface area contributed by atoms with Gasteiger partial charge in [0, 0.05) is 5.92 Å². The SMILES string of the molecule is CCCC[C@](C)(O)CC=C[C@@H]1[C@H]2CC(CCCCN)=C[C@H]2C[C@H]1O. The maximum absolute atomic E-state index is 10.4. The van der Waals surface area contributed by atoms with Crippen LogP contribution in [0.25, 0.3) is 0 Å². The van der Waals surface area contributed by atoms with Crippen molar-refractivity contribution >= 4 is 0 Å². The van der Waals surface area contributed by atoms with E-state index in [9.17, 15) is 10.2 Å². The predicted molar refractivity (Wildman–Crippen MR) is 101 cm³/mol. The quantitative estimate of drug-likeness (QED) is 0.418. The first-order valence-corrected chi connectivity index (χ1v) is 9.93. The first-order chi connectivity index (χ1) is 11.5. The molecule has 0 amide bonds. The number of allylic oxidation sites excluding steroid dienone is 2. The highest BCUT2D eigenvalue weighted by Gasteiger charge is 2.43. The Morgan fingerprint density at radius 3 is 2.83 bits per heavy atom. The Hall–Kier alpha value is -0.640. The van der Waals surface area contributed by atoms with Crippen LogP contribution in [0.1, 0.15) is 71.6 Å². The van der Waals surface area contributed by atoms with Crippen molar-refractivity contribution < 1.29 is 10.2 Å². The number of unbranched alkanes of at least 4 members (excludes halogenated alkanes) is 2. The molecule has 5 atom stereocenters. The summed E-state index contributed by atoms with van der Waals surface area (Å²) in [6, 6.07) is 0. The first kappa shape index (κ1) is 19.7. The summed E-state index contributed by atoms with van der Waals surface area (Å²) < 4.78 is 0. The van der Waals surface area contributed by atoms with Crippen LogP contribution < -0.4 is 5.73 Å². The van der Waals surface area contributed by atoms with E-state index < -0.39 is 5.60 Å². The van der Waals surface area contributed by atoms with Crippen molar-refractivity contribution in [2.24, 2.45) is 23.5 Å². The number of hydrogen-bond donors (Lipinski definition) is 3. The van der Waals surface area contributed by atoms with E-state index in [1.165, 1.54) is 12.8 Å². The van der Waals surface area contributed by atoms with E-state index in [-0.39, 0.29) is 12.0 Å². The van der Waals surface area contributed by atoms with Gasteiger partial charge >= 0.3 is 0 Å². The molecule has 1 fully saturated rings. The second kappa shape index (κ2) is 9.17. The molecule has 0 bridgehead atoms. The maximum Gasteiger partial charge on any atom is 0.0654 e. The lowest BCUT2D eigenvalue weighted by molar-refractivity contribution is 0.0513. The van der Waals surface area contributed by atoms with Gasteiger partial charge in [-0.3, -0.25) is 0 Å². The fraction of sp³-hybridized carbons (Fsp3) is 0.810. The molecule has 0 heterocycles. The van der Waals surface area contributed by atoms with Gasteiger partial charge in [0.15, 0.2) is 0 Å². The monoisotopic (exact) mass is 335 g/mol. The summed E-state index contributed by atoms with van der Waals surface area (Å²) in [5, 5.41) is 20.8. The summed E-state index contributed by atoms with van der Waals surface area (Å²) in [7, 11) is 0. The third kappa shape index (κ3) is 5.44. The molecule has 0 saturated heterocycles. The second-order valence-electron chi connectivity index (χ2n) is 8.22. The zero-order chi connectivity index (χ0) is 17.6. The topological polar surface area (TPSA) is 66.5 Å². The minimum Gasteiger partial charge on any atom is -0.392 e. The van der Waals surface area contributed by atoms with Crippen LogP contribution in [0.4, 0.5) is 0 Å². The number of nitrogens with two attached hydrogens (primary N) is 1. The number of fused-ring (bicyclic) bond motifs is 1. The normalized spacial score (nSPS) is 32.1. The van der Waals surface area contributed by atoms with Gasteiger partial charge in [-0.05, 0) is 70.3 Å². The highest BCUT2D eigenvalue weighted by atomic mass is 16.3. The Balaban J connectivity index is 1.85. The van der Waals surface area contributed by atoms with Gasteiger partial charge in [0.2, 0.25) is 0 Å². The molecular weight excluding hydrogens is 298 g/mol. The molecule has 2 rings (SSSR count). The molecule has 0 radical (unpaired) electrons. The van der Waals surface area contributed by atoms with E-state index in [0.29, 0.717) is 18.3 Å². The summed E-state index contributed by atoms with van der Waals surface area (Å²) in [5.41, 5.74) is 6.54. The van der Waals surface area contributed by atoms with Gasteiger partial charge < -0.3 is 15.9 Å². The van der Waals surface area contributed by atoms with Crippen molar-refractivity contribution in [3.63, 3.8) is 0 Å². The molecule has 3 heteroatoms. The van der Waals surface area contributed by atoms with Gasteiger partial charge in [0.1, 0.15) is 0 Å². The molecule has 0 aromatic carbocycles. The molecule has 138 valence electrons. The molecule has 3 nitrogen and oxygen atoms in total. The molecule has 0 aromatic heterocycles. The number of aliphatic hydroxyl groups excluding tert-OH is 1. The Kier molecular flexibility index (Phi) is 7.52. The van der Waals surface area contributed by atoms with Crippen molar-refractivity contribution in [3.05, 3.63) is 23.8 Å². The van der Waals surface area contributed by atoms with E-state index in [1.807, 2.05) is 6.92 Å². The Morgan fingerprint density at radius 1 is 1.33 bits per heavy atom. The lowest BCUT2D eigenvalue weighted by atomic mass is 9.87. The van der Waals surface area contributed by atoms with Crippen molar-refractivity contribution in [2.75, 3.05) is 6.54 Å². The highest BCUT2D eigenvalue weighted by Crippen LogP contribution is 2.48. The molecule has 0 aromatic rings. The zero-order valence-corrected chi connectivity index (χ0v) is 15.6. The Bertz CT molecular complexity index is 441. The summed E-state index contributed by atoms with van der Waals surface area (Å²) in [4.78, 5) is 0. The second-order valence-corrected chi connectivity index (χ2v) is 8.22. The van der Waals surface area contributed by atoms with E-state index in [4.69, 9.17) is 5.73 Å². The minimum absolute atomic E-state index is 0.223. The van der Waals surface area contributed by atoms with E-state index in [2.05, 4.69) is 25.2 Å². The largest absolute Gasteiger partial charge is 0.392 e. The summed E-state index contributed by atoms with van der Waals surface area (Å²) in [5.74, 6) is 1.35.